The molecule has 9 heteroatoms. The van der Waals surface area contributed by atoms with Crippen LogP contribution in [0.5, 0.6) is 0 Å². The summed E-state index contributed by atoms with van der Waals surface area (Å²) < 4.78 is 40.6. The number of rotatable bonds is 4. The van der Waals surface area contributed by atoms with E-state index in [-0.39, 0.29) is 41.0 Å². The van der Waals surface area contributed by atoms with E-state index >= 15 is 0 Å². The van der Waals surface area contributed by atoms with Crippen LogP contribution in [0.3, 0.4) is 0 Å². The minimum absolute atomic E-state index is 0. The van der Waals surface area contributed by atoms with E-state index < -0.39 is 15.8 Å². The van der Waals surface area contributed by atoms with E-state index in [2.05, 4.69) is 10.0 Å². The van der Waals surface area contributed by atoms with Crippen LogP contribution in [0.1, 0.15) is 24.2 Å². The van der Waals surface area contributed by atoms with Gasteiger partial charge in [-0.15, -0.1) is 12.4 Å². The van der Waals surface area contributed by atoms with E-state index in [0.29, 0.717) is 18.7 Å². The number of sulfonamides is 1. The zero-order valence-electron chi connectivity index (χ0n) is 15.6. The Hall–Kier alpha value is -2.16. The minimum atomic E-state index is -3.89. The van der Waals surface area contributed by atoms with Crippen molar-refractivity contribution in [3.63, 3.8) is 0 Å². The Labute approximate surface area is 170 Å². The van der Waals surface area contributed by atoms with E-state index in [0.717, 1.165) is 0 Å². The maximum Gasteiger partial charge on any atom is 0.261 e. The van der Waals surface area contributed by atoms with Gasteiger partial charge in [-0.1, -0.05) is 6.07 Å². The molecule has 6 nitrogen and oxygen atoms in total. The zero-order valence-corrected chi connectivity index (χ0v) is 17.2. The summed E-state index contributed by atoms with van der Waals surface area (Å²) in [6.07, 6.45) is 0. The van der Waals surface area contributed by atoms with Crippen LogP contribution < -0.4 is 10.0 Å². The van der Waals surface area contributed by atoms with Crippen LogP contribution in [0.25, 0.3) is 0 Å². The maximum atomic E-state index is 13.0. The van der Waals surface area contributed by atoms with Gasteiger partial charge in [0.25, 0.3) is 15.9 Å². The van der Waals surface area contributed by atoms with Gasteiger partial charge in [0.1, 0.15) is 5.82 Å². The smallest absolute Gasteiger partial charge is 0.261 e. The second-order valence-electron chi connectivity index (χ2n) is 6.62. The molecule has 2 aromatic rings. The predicted molar refractivity (Wildman–Crippen MR) is 109 cm³/mol. The second-order valence-corrected chi connectivity index (χ2v) is 8.30. The van der Waals surface area contributed by atoms with E-state index in [1.54, 1.807) is 17.0 Å². The van der Waals surface area contributed by atoms with Crippen LogP contribution in [-0.4, -0.2) is 44.4 Å². The standard InChI is InChI=1S/C19H22FN3O3S.ClH/c1-13-14(2)23(11-10-21-13)19(24)15-4-3-5-18(12-15)27(25,26)22-17-8-6-16(20)7-9-17;/h3-9,12-14,21-22H,10-11H2,1-2H3;1H. The molecule has 1 heterocycles. The van der Waals surface area contributed by atoms with Crippen LogP contribution in [0, 0.1) is 5.82 Å². The summed E-state index contributed by atoms with van der Waals surface area (Å²) in [6.45, 7) is 5.24. The second kappa shape index (κ2) is 8.89. The Bertz CT molecular complexity index is 938. The number of nitrogens with zero attached hydrogens (tertiary/aromatic N) is 1. The number of nitrogens with one attached hydrogen (secondary N) is 2. The average Bonchev–Trinajstić information content (AvgIpc) is 2.65. The lowest BCUT2D eigenvalue weighted by Gasteiger charge is -2.38. The molecule has 0 spiro atoms. The molecule has 152 valence electrons. The SMILES string of the molecule is CC1NCCN(C(=O)c2cccc(S(=O)(=O)Nc3ccc(F)cc3)c2)C1C.Cl. The van der Waals surface area contributed by atoms with Gasteiger partial charge < -0.3 is 10.2 Å². The van der Waals surface area contributed by atoms with Gasteiger partial charge in [-0.05, 0) is 56.3 Å². The summed E-state index contributed by atoms with van der Waals surface area (Å²) in [7, 11) is -3.89. The molecule has 2 aromatic carbocycles. The highest BCUT2D eigenvalue weighted by molar-refractivity contribution is 7.92. The first-order valence-corrected chi connectivity index (χ1v) is 10.2. The average molecular weight is 428 g/mol. The van der Waals surface area contributed by atoms with Crippen LogP contribution >= 0.6 is 12.4 Å². The fraction of sp³-hybridized carbons (Fsp3) is 0.316. The van der Waals surface area contributed by atoms with Gasteiger partial charge in [0.2, 0.25) is 0 Å². The predicted octanol–water partition coefficient (Wildman–Crippen LogP) is 2.87. The van der Waals surface area contributed by atoms with Crippen LogP contribution in [-0.2, 0) is 10.0 Å². The molecule has 1 saturated heterocycles. The highest BCUT2D eigenvalue weighted by Gasteiger charge is 2.29. The molecule has 0 saturated carbocycles. The van der Waals surface area contributed by atoms with Gasteiger partial charge in [-0.2, -0.15) is 0 Å². The highest BCUT2D eigenvalue weighted by atomic mass is 35.5. The summed E-state index contributed by atoms with van der Waals surface area (Å²) in [4.78, 5) is 14.6. The maximum absolute atomic E-state index is 13.0. The Morgan fingerprint density at radius 3 is 2.54 bits per heavy atom. The molecule has 1 fully saturated rings. The Morgan fingerprint density at radius 1 is 1.18 bits per heavy atom. The first-order chi connectivity index (χ1) is 12.8. The van der Waals surface area contributed by atoms with Crippen LogP contribution in [0.2, 0.25) is 0 Å². The van der Waals surface area contributed by atoms with Crippen LogP contribution in [0.15, 0.2) is 53.4 Å². The number of hydrogen-bond acceptors (Lipinski definition) is 4. The molecular weight excluding hydrogens is 405 g/mol. The molecule has 0 aromatic heterocycles. The molecule has 0 bridgehead atoms. The lowest BCUT2D eigenvalue weighted by atomic mass is 10.1. The number of halogens is 2. The van der Waals surface area contributed by atoms with Gasteiger partial charge in [-0.3, -0.25) is 9.52 Å². The van der Waals surface area contributed by atoms with Gasteiger partial charge in [0, 0.05) is 36.4 Å². The molecule has 1 aliphatic heterocycles. The lowest BCUT2D eigenvalue weighted by molar-refractivity contribution is 0.0602. The third kappa shape index (κ3) is 4.81. The minimum Gasteiger partial charge on any atom is -0.333 e. The normalized spacial score (nSPS) is 19.6. The molecular formula is C19H23ClFN3O3S. The van der Waals surface area contributed by atoms with Gasteiger partial charge in [0.15, 0.2) is 0 Å². The van der Waals surface area contributed by atoms with Crippen molar-refractivity contribution in [1.29, 1.82) is 0 Å². The van der Waals surface area contributed by atoms with Crippen molar-refractivity contribution in [3.05, 3.63) is 59.9 Å². The zero-order chi connectivity index (χ0) is 19.6. The summed E-state index contributed by atoms with van der Waals surface area (Å²) in [5, 5.41) is 3.31. The van der Waals surface area contributed by atoms with Crippen molar-refractivity contribution in [2.24, 2.45) is 0 Å². The van der Waals surface area contributed by atoms with Crippen molar-refractivity contribution < 1.29 is 17.6 Å². The monoisotopic (exact) mass is 427 g/mol. The quantitative estimate of drug-likeness (QED) is 0.786. The van der Waals surface area contributed by atoms with Crippen molar-refractivity contribution in [2.45, 2.75) is 30.8 Å². The molecule has 1 aliphatic rings. The van der Waals surface area contributed by atoms with Crippen molar-refractivity contribution in [1.82, 2.24) is 10.2 Å². The summed E-state index contributed by atoms with van der Waals surface area (Å²) in [5.41, 5.74) is 0.565. The Balaban J connectivity index is 0.00000280. The van der Waals surface area contributed by atoms with Crippen molar-refractivity contribution in [3.8, 4) is 0 Å². The summed E-state index contributed by atoms with van der Waals surface area (Å²) >= 11 is 0. The molecule has 0 radical (unpaired) electrons. The van der Waals surface area contributed by atoms with Crippen molar-refractivity contribution in [2.75, 3.05) is 17.8 Å². The van der Waals surface area contributed by atoms with Crippen LogP contribution in [0.4, 0.5) is 10.1 Å². The number of carbonyl (C=O) groups is 1. The molecule has 1 amide bonds. The summed E-state index contributed by atoms with van der Waals surface area (Å²) in [6, 6.07) is 11.1. The van der Waals surface area contributed by atoms with E-state index in [1.165, 1.54) is 36.4 Å². The number of carbonyl (C=O) groups excluding carboxylic acids is 1. The Kier molecular flexibility index (Phi) is 7.03. The molecule has 28 heavy (non-hydrogen) atoms. The third-order valence-electron chi connectivity index (χ3n) is 4.78. The molecule has 3 rings (SSSR count). The van der Waals surface area contributed by atoms with E-state index in [4.69, 9.17) is 0 Å². The number of piperazine rings is 1. The largest absolute Gasteiger partial charge is 0.333 e. The van der Waals surface area contributed by atoms with Gasteiger partial charge in [0.05, 0.1) is 4.90 Å². The molecule has 2 N–H and O–H groups in total. The first-order valence-electron chi connectivity index (χ1n) is 8.71. The highest BCUT2D eigenvalue weighted by Crippen LogP contribution is 2.20. The van der Waals surface area contributed by atoms with Gasteiger partial charge >= 0.3 is 0 Å². The fourth-order valence-electron chi connectivity index (χ4n) is 3.04. The first kappa shape index (κ1) is 22.1. The topological polar surface area (TPSA) is 78.5 Å². The fourth-order valence-corrected chi connectivity index (χ4v) is 4.14. The number of benzene rings is 2. The number of hydrogen-bond donors (Lipinski definition) is 2. The van der Waals surface area contributed by atoms with Gasteiger partial charge in [-0.25, -0.2) is 12.8 Å². The molecule has 0 aliphatic carbocycles. The third-order valence-corrected chi connectivity index (χ3v) is 6.16. The molecule has 2 unspecified atom stereocenters. The van der Waals surface area contributed by atoms with Crippen molar-refractivity contribution >= 4 is 34.0 Å². The number of amides is 1. The van der Waals surface area contributed by atoms with E-state index in [1.807, 2.05) is 13.8 Å². The Morgan fingerprint density at radius 2 is 1.86 bits per heavy atom. The molecule has 2 atom stereocenters. The van der Waals surface area contributed by atoms with E-state index in [9.17, 15) is 17.6 Å². The lowest BCUT2D eigenvalue weighted by Crippen LogP contribution is -2.57. The summed E-state index contributed by atoms with van der Waals surface area (Å²) in [5.74, 6) is -0.653. The number of anilines is 1.